The summed E-state index contributed by atoms with van der Waals surface area (Å²) >= 11 is 0. The van der Waals surface area contributed by atoms with Gasteiger partial charge in [0.15, 0.2) is 0 Å². The molecule has 6 N–H and O–H groups in total. The molecular formula is C56H44N10O3. The van der Waals surface area contributed by atoms with Gasteiger partial charge in [0.2, 0.25) is 0 Å². The Kier molecular flexibility index (Phi) is 9.58. The molecule has 0 spiro atoms. The highest BCUT2D eigenvalue weighted by atomic mass is 16.2. The van der Waals surface area contributed by atoms with E-state index in [2.05, 4.69) is 77.2 Å². The van der Waals surface area contributed by atoms with Gasteiger partial charge in [0.05, 0.1) is 39.7 Å². The summed E-state index contributed by atoms with van der Waals surface area (Å²) in [7, 11) is 0. The average Bonchev–Trinajstić information content (AvgIpc) is 4.26. The standard InChI is InChI=1S/C56H44N10O3/c67-54(59-25-28-66-26-5-6-27-66)31-17-19-43-45(29-31)62-52(60-43)41-15-7-13-39-47(41)33-9-1-3-11-35(33)49(39)64-55(68)32-18-20-44-46(30-32)63-53(61-44)42-16-8-14-40-48(42)34-10-2-4-12-36(34)50(40)65-56(69)38-22-24-58-51-37(38)21-23-57-51/h1-4,7-24,29-30,49-50H,5-6,25-28H2,(H,57,58)(H,59,67)(H,60,62)(H,61,63)(H,64,68)(H,65,69)/t49-,50-/m1/s1. The van der Waals surface area contributed by atoms with Gasteiger partial charge in [-0.1, -0.05) is 84.9 Å². The van der Waals surface area contributed by atoms with Gasteiger partial charge in [-0.25, -0.2) is 15.0 Å². The fourth-order valence-electron chi connectivity index (χ4n) is 10.8. The molecule has 3 amide bonds. The van der Waals surface area contributed by atoms with Crippen LogP contribution in [0.4, 0.5) is 0 Å². The number of likely N-dealkylation sites (tertiary alicyclic amines) is 1. The molecule has 69 heavy (non-hydrogen) atoms. The smallest absolute Gasteiger partial charge is 0.252 e. The lowest BCUT2D eigenvalue weighted by Gasteiger charge is -2.16. The molecule has 1 saturated heterocycles. The maximum Gasteiger partial charge on any atom is 0.252 e. The lowest BCUT2D eigenvalue weighted by molar-refractivity contribution is 0.0936. The van der Waals surface area contributed by atoms with Gasteiger partial charge < -0.3 is 35.8 Å². The third-order valence-corrected chi connectivity index (χ3v) is 14.1. The summed E-state index contributed by atoms with van der Waals surface area (Å²) in [5, 5.41) is 10.5. The molecule has 0 saturated carbocycles. The molecule has 1 aliphatic heterocycles. The maximum absolute atomic E-state index is 14.4. The second-order valence-electron chi connectivity index (χ2n) is 18.1. The Morgan fingerprint density at radius 3 is 1.75 bits per heavy atom. The molecule has 5 heterocycles. The van der Waals surface area contributed by atoms with Crippen LogP contribution < -0.4 is 16.0 Å². The monoisotopic (exact) mass is 904 g/mol. The molecule has 3 aliphatic rings. The summed E-state index contributed by atoms with van der Waals surface area (Å²) in [6.45, 7) is 3.66. The molecule has 13 nitrogen and oxygen atoms in total. The predicted molar refractivity (Wildman–Crippen MR) is 267 cm³/mol. The zero-order chi connectivity index (χ0) is 46.2. The number of carbonyl (C=O) groups is 3. The van der Waals surface area contributed by atoms with Gasteiger partial charge in [-0.3, -0.25) is 14.4 Å². The van der Waals surface area contributed by atoms with Gasteiger partial charge in [-0.05, 0) is 119 Å². The summed E-state index contributed by atoms with van der Waals surface area (Å²) in [4.78, 5) is 68.3. The van der Waals surface area contributed by atoms with Crippen molar-refractivity contribution in [3.8, 4) is 45.0 Å². The van der Waals surface area contributed by atoms with Crippen molar-refractivity contribution in [2.45, 2.75) is 24.9 Å². The Hall–Kier alpha value is -8.68. The van der Waals surface area contributed by atoms with Crippen LogP contribution in [0.3, 0.4) is 0 Å². The van der Waals surface area contributed by atoms with Crippen molar-refractivity contribution >= 4 is 50.8 Å². The highest BCUT2D eigenvalue weighted by Crippen LogP contribution is 2.49. The number of amides is 3. The number of nitrogens with zero attached hydrogens (tertiary/aromatic N) is 4. The summed E-state index contributed by atoms with van der Waals surface area (Å²) in [6, 6.07) is 42.5. The Labute approximate surface area is 395 Å². The van der Waals surface area contributed by atoms with Crippen LogP contribution in [0.15, 0.2) is 146 Å². The van der Waals surface area contributed by atoms with Crippen molar-refractivity contribution in [1.29, 1.82) is 0 Å². The molecule has 2 atom stereocenters. The number of hydrogen-bond donors (Lipinski definition) is 6. The van der Waals surface area contributed by atoms with Crippen LogP contribution in [0, 0.1) is 0 Å². The number of nitrogens with one attached hydrogen (secondary N) is 6. The van der Waals surface area contributed by atoms with E-state index in [9.17, 15) is 14.4 Å². The van der Waals surface area contributed by atoms with Crippen molar-refractivity contribution in [3.05, 3.63) is 185 Å². The fourth-order valence-corrected chi connectivity index (χ4v) is 10.8. The molecule has 6 aromatic carbocycles. The minimum atomic E-state index is -0.412. The molecule has 0 unspecified atom stereocenters. The lowest BCUT2D eigenvalue weighted by atomic mass is 9.98. The summed E-state index contributed by atoms with van der Waals surface area (Å²) < 4.78 is 0. The number of imidazole rings is 2. The van der Waals surface area contributed by atoms with E-state index in [0.29, 0.717) is 40.5 Å². The van der Waals surface area contributed by atoms with Crippen molar-refractivity contribution in [1.82, 2.24) is 50.8 Å². The van der Waals surface area contributed by atoms with Crippen LogP contribution in [-0.4, -0.2) is 78.7 Å². The number of rotatable bonds is 10. The third kappa shape index (κ3) is 6.88. The zero-order valence-corrected chi connectivity index (χ0v) is 37.3. The van der Waals surface area contributed by atoms with Gasteiger partial charge in [0.25, 0.3) is 17.7 Å². The van der Waals surface area contributed by atoms with E-state index in [1.807, 2.05) is 91.0 Å². The van der Waals surface area contributed by atoms with Gasteiger partial charge in [-0.2, -0.15) is 0 Å². The predicted octanol–water partition coefficient (Wildman–Crippen LogP) is 9.47. The maximum atomic E-state index is 14.4. The number of aromatic amines is 3. The van der Waals surface area contributed by atoms with E-state index < -0.39 is 6.04 Å². The first-order valence-electron chi connectivity index (χ1n) is 23.4. The van der Waals surface area contributed by atoms with E-state index in [0.717, 1.165) is 103 Å². The Bertz CT molecular complexity index is 3730. The third-order valence-electron chi connectivity index (χ3n) is 14.1. The first kappa shape index (κ1) is 40.6. The molecule has 336 valence electrons. The highest BCUT2D eigenvalue weighted by molar-refractivity contribution is 6.07. The Morgan fingerprint density at radius 1 is 0.580 bits per heavy atom. The normalized spacial score (nSPS) is 15.8. The largest absolute Gasteiger partial charge is 0.351 e. The Morgan fingerprint density at radius 2 is 1.13 bits per heavy atom. The van der Waals surface area contributed by atoms with Gasteiger partial charge in [-0.15, -0.1) is 0 Å². The first-order chi connectivity index (χ1) is 33.9. The first-order valence-corrected chi connectivity index (χ1v) is 23.4. The van der Waals surface area contributed by atoms with Crippen LogP contribution in [0.2, 0.25) is 0 Å². The number of fused-ring (bicyclic) bond motifs is 9. The van der Waals surface area contributed by atoms with Crippen molar-refractivity contribution < 1.29 is 14.4 Å². The number of aromatic nitrogens is 6. The summed E-state index contributed by atoms with van der Waals surface area (Å²) in [6.07, 6.45) is 5.87. The van der Waals surface area contributed by atoms with E-state index in [1.54, 1.807) is 18.5 Å². The quantitative estimate of drug-likeness (QED) is 0.0792. The van der Waals surface area contributed by atoms with E-state index in [4.69, 9.17) is 9.97 Å². The molecular weight excluding hydrogens is 861 g/mol. The zero-order valence-electron chi connectivity index (χ0n) is 37.3. The van der Waals surface area contributed by atoms with Crippen LogP contribution in [-0.2, 0) is 0 Å². The highest BCUT2D eigenvalue weighted by Gasteiger charge is 2.35. The SMILES string of the molecule is O=C(NCCN1CCCC1)c1ccc2nc(-c3cccc4c3-c3ccccc3[C@H]4NC(=O)c3ccc4nc(-c5cccc6c5-c5ccccc5[C@H]6NC(=O)c5ccnc6[nH]ccc56)[nH]c4c3)[nH]c2c1. The van der Waals surface area contributed by atoms with Crippen molar-refractivity contribution in [3.63, 3.8) is 0 Å². The van der Waals surface area contributed by atoms with Gasteiger partial charge in [0.1, 0.15) is 17.3 Å². The molecule has 0 radical (unpaired) electrons. The van der Waals surface area contributed by atoms with Gasteiger partial charge in [0, 0.05) is 53.1 Å². The molecule has 1 fully saturated rings. The second-order valence-corrected chi connectivity index (χ2v) is 18.1. The molecule has 13 heteroatoms. The second kappa shape index (κ2) is 16.3. The molecule has 4 aromatic heterocycles. The van der Waals surface area contributed by atoms with Crippen LogP contribution in [0.25, 0.3) is 78.1 Å². The lowest BCUT2D eigenvalue weighted by Crippen LogP contribution is -2.33. The Balaban J connectivity index is 0.774. The number of carbonyl (C=O) groups excluding carboxylic acids is 3. The number of pyridine rings is 1. The number of H-pyrrole nitrogens is 3. The van der Waals surface area contributed by atoms with E-state index in [1.165, 1.54) is 12.8 Å². The average molecular weight is 905 g/mol. The van der Waals surface area contributed by atoms with Crippen LogP contribution in [0.1, 0.15) is 78.3 Å². The summed E-state index contributed by atoms with van der Waals surface area (Å²) in [5.41, 5.74) is 15.0. The summed E-state index contributed by atoms with van der Waals surface area (Å²) in [5.74, 6) is 0.836. The van der Waals surface area contributed by atoms with Crippen molar-refractivity contribution in [2.24, 2.45) is 0 Å². The van der Waals surface area contributed by atoms with E-state index in [-0.39, 0.29) is 23.8 Å². The number of benzene rings is 6. The van der Waals surface area contributed by atoms with Crippen molar-refractivity contribution in [2.75, 3.05) is 26.2 Å². The van der Waals surface area contributed by atoms with Gasteiger partial charge >= 0.3 is 0 Å². The minimum absolute atomic E-state index is 0.101. The minimum Gasteiger partial charge on any atom is -0.351 e. The van der Waals surface area contributed by atoms with E-state index >= 15 is 0 Å². The number of hydrogen-bond acceptors (Lipinski definition) is 7. The fraction of sp³-hybridized carbons (Fsp3) is 0.143. The molecule has 2 aliphatic carbocycles. The molecule has 13 rings (SSSR count). The molecule has 0 bridgehead atoms. The topological polar surface area (TPSA) is 177 Å². The molecule has 10 aromatic rings. The van der Waals surface area contributed by atoms with Crippen LogP contribution >= 0.6 is 0 Å². The van der Waals surface area contributed by atoms with Crippen LogP contribution in [0.5, 0.6) is 0 Å².